The minimum absolute atomic E-state index is 0.305. The third-order valence-corrected chi connectivity index (χ3v) is 4.42. The summed E-state index contributed by atoms with van der Waals surface area (Å²) < 4.78 is 9.97. The molecule has 30 heavy (non-hydrogen) atoms. The summed E-state index contributed by atoms with van der Waals surface area (Å²) in [4.78, 5) is 35.9. The fourth-order valence-corrected chi connectivity index (χ4v) is 2.78. The van der Waals surface area contributed by atoms with E-state index in [0.29, 0.717) is 12.1 Å². The van der Waals surface area contributed by atoms with Gasteiger partial charge in [-0.05, 0) is 40.6 Å². The number of amides is 2. The molecule has 3 rings (SSSR count). The van der Waals surface area contributed by atoms with Crippen molar-refractivity contribution in [2.45, 2.75) is 6.54 Å². The first-order valence-corrected chi connectivity index (χ1v) is 9.37. The minimum Gasteiger partial charge on any atom is -0.497 e. The minimum atomic E-state index is -0.691. The number of hydrogen-bond acceptors (Lipinski definition) is 5. The van der Waals surface area contributed by atoms with Gasteiger partial charge in [-0.15, -0.1) is 0 Å². The highest BCUT2D eigenvalue weighted by molar-refractivity contribution is 5.99. The maximum Gasteiger partial charge on any atom is 0.325 e. The van der Waals surface area contributed by atoms with Crippen LogP contribution in [-0.4, -0.2) is 38.0 Å². The van der Waals surface area contributed by atoms with Crippen LogP contribution < -0.4 is 15.4 Å². The van der Waals surface area contributed by atoms with E-state index in [1.165, 1.54) is 0 Å². The average molecular weight is 406 g/mol. The van der Waals surface area contributed by atoms with Gasteiger partial charge in [-0.1, -0.05) is 42.5 Å². The first-order valence-electron chi connectivity index (χ1n) is 9.37. The number of methoxy groups -OCH3 is 1. The standard InChI is InChI=1S/C23H22N2O5/c1-29-20-10-6-16(7-11-20)13-24-21(26)15-30-22(27)14-25-23(28)19-9-8-17-4-2-3-5-18(17)12-19/h2-12H,13-15H2,1H3,(H,24,26)(H,25,28). The van der Waals surface area contributed by atoms with E-state index in [9.17, 15) is 14.4 Å². The van der Waals surface area contributed by atoms with Crippen LogP contribution in [0.5, 0.6) is 5.75 Å². The van der Waals surface area contributed by atoms with Gasteiger partial charge in [0.15, 0.2) is 6.61 Å². The highest BCUT2D eigenvalue weighted by Crippen LogP contribution is 2.15. The van der Waals surface area contributed by atoms with Crippen LogP contribution >= 0.6 is 0 Å². The zero-order valence-electron chi connectivity index (χ0n) is 16.5. The number of carbonyl (C=O) groups excluding carboxylic acids is 3. The van der Waals surface area contributed by atoms with Crippen molar-refractivity contribution < 1.29 is 23.9 Å². The molecule has 2 amide bonds. The molecular formula is C23H22N2O5. The molecule has 3 aromatic carbocycles. The summed E-state index contributed by atoms with van der Waals surface area (Å²) in [6.07, 6.45) is 0. The van der Waals surface area contributed by atoms with Gasteiger partial charge >= 0.3 is 5.97 Å². The van der Waals surface area contributed by atoms with Crippen molar-refractivity contribution in [1.29, 1.82) is 0 Å². The van der Waals surface area contributed by atoms with Crippen molar-refractivity contribution in [2.24, 2.45) is 0 Å². The number of ether oxygens (including phenoxy) is 2. The summed E-state index contributed by atoms with van der Waals surface area (Å²) in [5.74, 6) is -0.782. The molecule has 0 aliphatic rings. The van der Waals surface area contributed by atoms with E-state index in [1.54, 1.807) is 31.4 Å². The van der Waals surface area contributed by atoms with Crippen molar-refractivity contribution in [3.05, 3.63) is 77.9 Å². The SMILES string of the molecule is COc1ccc(CNC(=O)COC(=O)CNC(=O)c2ccc3ccccc3c2)cc1. The maximum absolute atomic E-state index is 12.2. The van der Waals surface area contributed by atoms with Gasteiger partial charge in [0.25, 0.3) is 11.8 Å². The molecule has 0 radical (unpaired) electrons. The Kier molecular flexibility index (Phi) is 7.00. The summed E-state index contributed by atoms with van der Waals surface area (Å²) in [6.45, 7) is -0.433. The van der Waals surface area contributed by atoms with E-state index >= 15 is 0 Å². The summed E-state index contributed by atoms with van der Waals surface area (Å²) in [6, 6.07) is 20.2. The Bertz CT molecular complexity index is 1050. The number of esters is 1. The Hall–Kier alpha value is -3.87. The van der Waals surface area contributed by atoms with Crippen molar-refractivity contribution in [1.82, 2.24) is 10.6 Å². The van der Waals surface area contributed by atoms with Gasteiger partial charge in [-0.2, -0.15) is 0 Å². The van der Waals surface area contributed by atoms with Crippen LogP contribution in [0.2, 0.25) is 0 Å². The molecule has 0 unspecified atom stereocenters. The summed E-state index contributed by atoms with van der Waals surface area (Å²) in [5, 5.41) is 7.11. The van der Waals surface area contributed by atoms with Crippen molar-refractivity contribution >= 4 is 28.6 Å². The van der Waals surface area contributed by atoms with Crippen molar-refractivity contribution in [3.63, 3.8) is 0 Å². The smallest absolute Gasteiger partial charge is 0.325 e. The molecular weight excluding hydrogens is 384 g/mol. The van der Waals surface area contributed by atoms with Crippen LogP contribution in [0.25, 0.3) is 10.8 Å². The molecule has 0 bridgehead atoms. The van der Waals surface area contributed by atoms with E-state index in [-0.39, 0.29) is 12.5 Å². The zero-order valence-corrected chi connectivity index (χ0v) is 16.5. The molecule has 0 saturated heterocycles. The number of nitrogens with one attached hydrogen (secondary N) is 2. The molecule has 7 nitrogen and oxygen atoms in total. The van der Waals surface area contributed by atoms with Gasteiger partial charge in [0.05, 0.1) is 7.11 Å². The number of fused-ring (bicyclic) bond motifs is 1. The van der Waals surface area contributed by atoms with Gasteiger partial charge < -0.3 is 20.1 Å². The molecule has 0 heterocycles. The van der Waals surface area contributed by atoms with Crippen LogP contribution in [-0.2, 0) is 20.9 Å². The number of carbonyl (C=O) groups is 3. The number of hydrogen-bond donors (Lipinski definition) is 2. The molecule has 0 aliphatic heterocycles. The number of rotatable bonds is 8. The Balaban J connectivity index is 1.39. The zero-order chi connectivity index (χ0) is 21.3. The van der Waals surface area contributed by atoms with Crippen LogP contribution in [0, 0.1) is 0 Å². The molecule has 3 aromatic rings. The highest BCUT2D eigenvalue weighted by Gasteiger charge is 2.11. The lowest BCUT2D eigenvalue weighted by Crippen LogP contribution is -2.33. The summed E-state index contributed by atoms with van der Waals surface area (Å²) in [5.41, 5.74) is 1.33. The molecule has 7 heteroatoms. The molecule has 0 spiro atoms. The molecule has 0 fully saturated rings. The van der Waals surface area contributed by atoms with Gasteiger partial charge in [-0.3, -0.25) is 14.4 Å². The van der Waals surface area contributed by atoms with E-state index < -0.39 is 18.5 Å². The van der Waals surface area contributed by atoms with E-state index in [1.807, 2.05) is 42.5 Å². The molecule has 0 saturated carbocycles. The molecule has 0 atom stereocenters. The molecule has 0 aliphatic carbocycles. The van der Waals surface area contributed by atoms with Crippen LogP contribution in [0.3, 0.4) is 0 Å². The second-order valence-electron chi connectivity index (χ2n) is 6.53. The molecule has 154 valence electrons. The third kappa shape index (κ3) is 5.81. The largest absolute Gasteiger partial charge is 0.497 e. The van der Waals surface area contributed by atoms with Gasteiger partial charge in [0, 0.05) is 12.1 Å². The van der Waals surface area contributed by atoms with E-state index in [4.69, 9.17) is 9.47 Å². The van der Waals surface area contributed by atoms with Gasteiger partial charge in [0.1, 0.15) is 12.3 Å². The summed E-state index contributed by atoms with van der Waals surface area (Å²) in [7, 11) is 1.58. The Labute approximate surface area is 174 Å². The normalized spacial score (nSPS) is 10.3. The van der Waals surface area contributed by atoms with Crippen LogP contribution in [0.4, 0.5) is 0 Å². The summed E-state index contributed by atoms with van der Waals surface area (Å²) >= 11 is 0. The fourth-order valence-electron chi connectivity index (χ4n) is 2.78. The van der Waals surface area contributed by atoms with Gasteiger partial charge in [0.2, 0.25) is 0 Å². The predicted molar refractivity (Wildman–Crippen MR) is 112 cm³/mol. The molecule has 0 aromatic heterocycles. The predicted octanol–water partition coefficient (Wildman–Crippen LogP) is 2.44. The Morgan fingerprint density at radius 3 is 2.33 bits per heavy atom. The van der Waals surface area contributed by atoms with E-state index in [2.05, 4.69) is 10.6 Å². The Morgan fingerprint density at radius 1 is 0.867 bits per heavy atom. The van der Waals surface area contributed by atoms with Gasteiger partial charge in [-0.25, -0.2) is 0 Å². The highest BCUT2D eigenvalue weighted by atomic mass is 16.5. The second kappa shape index (κ2) is 10.1. The monoisotopic (exact) mass is 406 g/mol. The third-order valence-electron chi connectivity index (χ3n) is 4.42. The lowest BCUT2D eigenvalue weighted by molar-refractivity contribution is -0.147. The van der Waals surface area contributed by atoms with Crippen molar-refractivity contribution in [3.8, 4) is 5.75 Å². The number of benzene rings is 3. The lowest BCUT2D eigenvalue weighted by atomic mass is 10.1. The quantitative estimate of drug-likeness (QED) is 0.561. The lowest BCUT2D eigenvalue weighted by Gasteiger charge is -2.08. The Morgan fingerprint density at radius 2 is 1.60 bits per heavy atom. The maximum atomic E-state index is 12.2. The first kappa shape index (κ1) is 20.9. The molecule has 2 N–H and O–H groups in total. The first-order chi connectivity index (χ1) is 14.5. The van der Waals surface area contributed by atoms with Crippen LogP contribution in [0.15, 0.2) is 66.7 Å². The topological polar surface area (TPSA) is 93.7 Å². The average Bonchev–Trinajstić information content (AvgIpc) is 2.79. The second-order valence-corrected chi connectivity index (χ2v) is 6.53. The van der Waals surface area contributed by atoms with Crippen molar-refractivity contribution in [2.75, 3.05) is 20.3 Å². The fraction of sp³-hybridized carbons (Fsp3) is 0.174. The van der Waals surface area contributed by atoms with Crippen LogP contribution in [0.1, 0.15) is 15.9 Å². The van der Waals surface area contributed by atoms with E-state index in [0.717, 1.165) is 22.1 Å².